The Morgan fingerprint density at radius 1 is 1.22 bits per heavy atom. The van der Waals surface area contributed by atoms with Gasteiger partial charge in [0.25, 0.3) is 0 Å². The number of aromatic carboxylic acids is 1. The van der Waals surface area contributed by atoms with Gasteiger partial charge in [0.05, 0.1) is 31.7 Å². The summed E-state index contributed by atoms with van der Waals surface area (Å²) in [6.07, 6.45) is 4.42. The zero-order valence-corrected chi connectivity index (χ0v) is 20.8. The minimum Gasteiger partial charge on any atom is -0.496 e. The van der Waals surface area contributed by atoms with Gasteiger partial charge in [-0.2, -0.15) is 5.10 Å². The van der Waals surface area contributed by atoms with Crippen molar-refractivity contribution in [3.8, 4) is 22.9 Å². The first-order valence-corrected chi connectivity index (χ1v) is 11.7. The Hall–Kier alpha value is -4.31. The van der Waals surface area contributed by atoms with Crippen LogP contribution < -0.4 is 19.5 Å². The fraction of sp³-hybridized carbons (Fsp3) is 0.231. The normalized spacial score (nSPS) is 20.3. The molecule has 0 saturated carbocycles. The quantitative estimate of drug-likeness (QED) is 0.457. The van der Waals surface area contributed by atoms with E-state index >= 15 is 0 Å². The number of hydrogen-bond donors (Lipinski definition) is 2. The number of carboxylic acids is 1. The van der Waals surface area contributed by atoms with Crippen LogP contribution in [0.5, 0.6) is 17.2 Å². The molecule has 1 aliphatic carbocycles. The number of benzene rings is 2. The van der Waals surface area contributed by atoms with E-state index in [9.17, 15) is 14.4 Å². The highest BCUT2D eigenvalue weighted by Gasteiger charge is 2.60. The summed E-state index contributed by atoms with van der Waals surface area (Å²) in [7, 11) is 2.85. The fourth-order valence-corrected chi connectivity index (χ4v) is 4.94. The second-order valence-corrected chi connectivity index (χ2v) is 9.13. The van der Waals surface area contributed by atoms with Gasteiger partial charge >= 0.3 is 5.97 Å². The summed E-state index contributed by atoms with van der Waals surface area (Å²) in [6.45, 7) is 1.77. The monoisotopic (exact) mass is 523 g/mol. The van der Waals surface area contributed by atoms with E-state index in [0.29, 0.717) is 23.5 Å². The standard InChI is InChI=1S/C26H22ClN3O7/c1-13-8-16(29-15-4-6-17(7-5-15)30-12-14(11-28-30)25(33)34)9-20(31)26(13)24(32)21-18(35-2)10-19(36-3)22(27)23(21)37-26/h4-7,9-13,29H,8H2,1-3H3,(H,33,34)/t13-,26+/m1/s1. The summed E-state index contributed by atoms with van der Waals surface area (Å²) in [4.78, 5) is 38.1. The SMILES string of the molecule is COc1cc(OC)c2c(c1Cl)O[C@@]1(C(=O)C=C(Nc3ccc(-n4cc(C(=O)O)cn4)cc3)C[C@H]1C)C2=O. The molecule has 0 bridgehead atoms. The number of Topliss-reactive ketones (excluding diaryl/α,β-unsaturated/α-hetero) is 1. The Morgan fingerprint density at radius 3 is 2.51 bits per heavy atom. The maximum absolute atomic E-state index is 13.6. The van der Waals surface area contributed by atoms with Crippen molar-refractivity contribution in [2.75, 3.05) is 19.5 Å². The number of fused-ring (bicyclic) bond motifs is 1. The van der Waals surface area contributed by atoms with Crippen LogP contribution >= 0.6 is 11.6 Å². The molecule has 37 heavy (non-hydrogen) atoms. The molecule has 5 rings (SSSR count). The van der Waals surface area contributed by atoms with Gasteiger partial charge in [-0.15, -0.1) is 0 Å². The molecule has 0 radical (unpaired) electrons. The number of allylic oxidation sites excluding steroid dienone is 1. The van der Waals surface area contributed by atoms with Crippen LogP contribution in [0.15, 0.2) is 54.5 Å². The molecule has 0 fully saturated rings. The van der Waals surface area contributed by atoms with Crippen LogP contribution in [-0.2, 0) is 4.79 Å². The van der Waals surface area contributed by atoms with Gasteiger partial charge in [0, 0.05) is 35.6 Å². The predicted octanol–water partition coefficient (Wildman–Crippen LogP) is 4.16. The van der Waals surface area contributed by atoms with Gasteiger partial charge < -0.3 is 24.6 Å². The van der Waals surface area contributed by atoms with Gasteiger partial charge in [0.1, 0.15) is 22.1 Å². The van der Waals surface area contributed by atoms with Gasteiger partial charge in [0.2, 0.25) is 17.2 Å². The summed E-state index contributed by atoms with van der Waals surface area (Å²) in [6, 6.07) is 8.58. The highest BCUT2D eigenvalue weighted by Crippen LogP contribution is 2.53. The average Bonchev–Trinajstić information content (AvgIpc) is 3.49. The summed E-state index contributed by atoms with van der Waals surface area (Å²) in [5.74, 6) is -2.00. The second kappa shape index (κ2) is 8.97. The van der Waals surface area contributed by atoms with Crippen molar-refractivity contribution >= 4 is 34.8 Å². The lowest BCUT2D eigenvalue weighted by Gasteiger charge is -2.35. The third-order valence-corrected chi connectivity index (χ3v) is 6.93. The van der Waals surface area contributed by atoms with Crippen molar-refractivity contribution in [2.45, 2.75) is 18.9 Å². The summed E-state index contributed by atoms with van der Waals surface area (Å²) >= 11 is 6.42. The largest absolute Gasteiger partial charge is 0.496 e. The third kappa shape index (κ3) is 3.80. The Balaban J connectivity index is 1.40. The lowest BCUT2D eigenvalue weighted by molar-refractivity contribution is -0.129. The number of hydrogen-bond acceptors (Lipinski definition) is 8. The third-order valence-electron chi connectivity index (χ3n) is 6.58. The molecule has 0 amide bonds. The zero-order chi connectivity index (χ0) is 26.5. The van der Waals surface area contributed by atoms with Crippen molar-refractivity contribution in [3.63, 3.8) is 0 Å². The number of methoxy groups -OCH3 is 2. The molecule has 2 N–H and O–H groups in total. The highest BCUT2D eigenvalue weighted by molar-refractivity contribution is 6.36. The van der Waals surface area contributed by atoms with E-state index in [1.54, 1.807) is 31.2 Å². The average molecular weight is 524 g/mol. The Bertz CT molecular complexity index is 1480. The van der Waals surface area contributed by atoms with Crippen LogP contribution in [0.1, 0.15) is 34.1 Å². The molecule has 2 aliphatic rings. The highest BCUT2D eigenvalue weighted by atomic mass is 35.5. The lowest BCUT2D eigenvalue weighted by Crippen LogP contribution is -2.55. The minimum absolute atomic E-state index is 0.0770. The molecule has 190 valence electrons. The van der Waals surface area contributed by atoms with Crippen molar-refractivity contribution in [2.24, 2.45) is 5.92 Å². The zero-order valence-electron chi connectivity index (χ0n) is 20.1. The Labute approximate surface area is 216 Å². The topological polar surface area (TPSA) is 129 Å². The van der Waals surface area contributed by atoms with E-state index < -0.39 is 29.1 Å². The number of rotatable bonds is 6. The van der Waals surface area contributed by atoms with E-state index in [2.05, 4.69) is 10.4 Å². The summed E-state index contributed by atoms with van der Waals surface area (Å²) in [5, 5.41) is 16.4. The van der Waals surface area contributed by atoms with Crippen molar-refractivity contribution in [3.05, 3.63) is 70.6 Å². The van der Waals surface area contributed by atoms with E-state index in [1.807, 2.05) is 0 Å². The number of anilines is 1. The van der Waals surface area contributed by atoms with Gasteiger partial charge in [-0.1, -0.05) is 18.5 Å². The van der Waals surface area contributed by atoms with E-state index in [0.717, 1.165) is 0 Å². The fourth-order valence-electron chi connectivity index (χ4n) is 4.67. The minimum atomic E-state index is -1.75. The first-order valence-electron chi connectivity index (χ1n) is 11.3. The summed E-state index contributed by atoms with van der Waals surface area (Å²) < 4.78 is 18.1. The Kier molecular flexibility index (Phi) is 5.91. The number of halogens is 1. The number of carboxylic acid groups (broad SMARTS) is 1. The molecule has 2 atom stereocenters. The molecular weight excluding hydrogens is 502 g/mol. The van der Waals surface area contributed by atoms with Crippen LogP contribution in [-0.4, -0.2) is 52.2 Å². The molecule has 1 aliphatic heterocycles. The van der Waals surface area contributed by atoms with Gasteiger partial charge in [-0.25, -0.2) is 9.48 Å². The number of carbonyl (C=O) groups is 3. The molecule has 2 aromatic carbocycles. The number of ketones is 2. The van der Waals surface area contributed by atoms with E-state index in [4.69, 9.17) is 30.9 Å². The molecule has 0 unspecified atom stereocenters. The molecule has 0 saturated heterocycles. The van der Waals surface area contributed by atoms with Crippen LogP contribution in [0.2, 0.25) is 5.02 Å². The van der Waals surface area contributed by atoms with Gasteiger partial charge in [-0.05, 0) is 30.7 Å². The number of ether oxygens (including phenoxy) is 3. The van der Waals surface area contributed by atoms with Crippen LogP contribution in [0.4, 0.5) is 5.69 Å². The van der Waals surface area contributed by atoms with Gasteiger partial charge in [0.15, 0.2) is 5.75 Å². The summed E-state index contributed by atoms with van der Waals surface area (Å²) in [5.41, 5.74) is 0.447. The van der Waals surface area contributed by atoms with Gasteiger partial charge in [-0.3, -0.25) is 9.59 Å². The second-order valence-electron chi connectivity index (χ2n) is 8.76. The van der Waals surface area contributed by atoms with Crippen molar-refractivity contribution in [1.29, 1.82) is 0 Å². The predicted molar refractivity (Wildman–Crippen MR) is 133 cm³/mol. The molecular formula is C26H22ClN3O7. The molecule has 1 aromatic heterocycles. The van der Waals surface area contributed by atoms with Crippen LogP contribution in [0.3, 0.4) is 0 Å². The molecule has 1 spiro atoms. The number of nitrogens with zero attached hydrogens (tertiary/aromatic N) is 2. The maximum atomic E-state index is 13.6. The number of aromatic nitrogens is 2. The molecule has 3 aromatic rings. The Morgan fingerprint density at radius 2 is 1.92 bits per heavy atom. The smallest absolute Gasteiger partial charge is 0.338 e. The maximum Gasteiger partial charge on any atom is 0.338 e. The van der Waals surface area contributed by atoms with E-state index in [1.165, 1.54) is 43.4 Å². The van der Waals surface area contributed by atoms with Crippen LogP contribution in [0.25, 0.3) is 5.69 Å². The number of nitrogens with one attached hydrogen (secondary N) is 1. The van der Waals surface area contributed by atoms with E-state index in [-0.39, 0.29) is 33.4 Å². The first kappa shape index (κ1) is 24.4. The number of carbonyl (C=O) groups excluding carboxylic acids is 2. The van der Waals surface area contributed by atoms with Crippen molar-refractivity contribution in [1.82, 2.24) is 9.78 Å². The molecule has 2 heterocycles. The molecule has 10 nitrogen and oxygen atoms in total. The first-order chi connectivity index (χ1) is 17.7. The lowest BCUT2D eigenvalue weighted by atomic mass is 9.74. The molecule has 11 heteroatoms. The van der Waals surface area contributed by atoms with Crippen LogP contribution in [0, 0.1) is 5.92 Å². The van der Waals surface area contributed by atoms with Crippen molar-refractivity contribution < 1.29 is 33.7 Å².